The van der Waals surface area contributed by atoms with Crippen molar-refractivity contribution < 1.29 is 14.0 Å². The largest absolute Gasteiger partial charge is 0.364 e. The SMILES string of the molecule is NC(=O)c1nn(-c2ccccc2F)sc1=NC(=O)c1ccc(Cl)cc1. The van der Waals surface area contributed by atoms with Gasteiger partial charge < -0.3 is 5.73 Å². The number of hydrogen-bond donors (Lipinski definition) is 1. The summed E-state index contributed by atoms with van der Waals surface area (Å²) in [5.74, 6) is -2.00. The van der Waals surface area contributed by atoms with E-state index in [-0.39, 0.29) is 21.6 Å². The predicted molar refractivity (Wildman–Crippen MR) is 91.3 cm³/mol. The minimum atomic E-state index is -0.867. The minimum absolute atomic E-state index is 0.00398. The van der Waals surface area contributed by atoms with Crippen LogP contribution in [0.2, 0.25) is 5.02 Å². The molecule has 2 amide bonds. The van der Waals surface area contributed by atoms with Crippen molar-refractivity contribution >= 4 is 34.9 Å². The summed E-state index contributed by atoms with van der Waals surface area (Å²) in [7, 11) is 0. The number of nitrogens with zero attached hydrogens (tertiary/aromatic N) is 3. The number of benzene rings is 2. The Morgan fingerprint density at radius 2 is 1.84 bits per heavy atom. The molecule has 0 fully saturated rings. The van der Waals surface area contributed by atoms with E-state index >= 15 is 0 Å². The molecule has 0 bridgehead atoms. The van der Waals surface area contributed by atoms with Gasteiger partial charge in [-0.2, -0.15) is 9.06 Å². The second-order valence-corrected chi connectivity index (χ2v) is 6.21. The lowest BCUT2D eigenvalue weighted by Crippen LogP contribution is -2.21. The van der Waals surface area contributed by atoms with Gasteiger partial charge in [0.15, 0.2) is 10.4 Å². The van der Waals surface area contributed by atoms with Gasteiger partial charge in [0, 0.05) is 10.6 Å². The molecule has 126 valence electrons. The maximum atomic E-state index is 13.9. The zero-order valence-electron chi connectivity index (χ0n) is 12.5. The van der Waals surface area contributed by atoms with Crippen LogP contribution in [0.15, 0.2) is 53.5 Å². The van der Waals surface area contributed by atoms with Gasteiger partial charge in [-0.1, -0.05) is 23.7 Å². The van der Waals surface area contributed by atoms with Crippen molar-refractivity contribution in [1.29, 1.82) is 0 Å². The number of amides is 2. The van der Waals surface area contributed by atoms with Crippen LogP contribution >= 0.6 is 23.1 Å². The first-order valence-electron chi connectivity index (χ1n) is 6.95. The highest BCUT2D eigenvalue weighted by atomic mass is 35.5. The van der Waals surface area contributed by atoms with Crippen molar-refractivity contribution in [1.82, 2.24) is 9.17 Å². The molecule has 3 aromatic rings. The van der Waals surface area contributed by atoms with Gasteiger partial charge in [0.25, 0.3) is 11.8 Å². The first-order valence-corrected chi connectivity index (χ1v) is 8.11. The van der Waals surface area contributed by atoms with Crippen molar-refractivity contribution in [2.24, 2.45) is 10.7 Å². The van der Waals surface area contributed by atoms with Crippen molar-refractivity contribution in [3.8, 4) is 5.69 Å². The maximum absolute atomic E-state index is 13.9. The van der Waals surface area contributed by atoms with Gasteiger partial charge in [-0.3, -0.25) is 9.59 Å². The van der Waals surface area contributed by atoms with Crippen LogP contribution in [0.1, 0.15) is 20.8 Å². The number of para-hydroxylation sites is 1. The quantitative estimate of drug-likeness (QED) is 0.761. The second kappa shape index (κ2) is 6.96. The van der Waals surface area contributed by atoms with E-state index in [1.807, 2.05) is 0 Å². The number of rotatable bonds is 3. The summed E-state index contributed by atoms with van der Waals surface area (Å²) in [6.07, 6.45) is 0. The summed E-state index contributed by atoms with van der Waals surface area (Å²) in [5.41, 5.74) is 5.48. The molecule has 1 heterocycles. The van der Waals surface area contributed by atoms with E-state index in [0.29, 0.717) is 5.02 Å². The number of hydrogen-bond acceptors (Lipinski definition) is 4. The van der Waals surface area contributed by atoms with Crippen LogP contribution in [-0.4, -0.2) is 21.0 Å². The summed E-state index contributed by atoms with van der Waals surface area (Å²) in [5, 5.41) is 4.43. The summed E-state index contributed by atoms with van der Waals surface area (Å²) in [6.45, 7) is 0. The number of carbonyl (C=O) groups excluding carboxylic acids is 2. The number of aromatic nitrogens is 2. The third kappa shape index (κ3) is 3.65. The van der Waals surface area contributed by atoms with Crippen molar-refractivity contribution in [3.63, 3.8) is 0 Å². The molecule has 0 aliphatic carbocycles. The average molecular weight is 377 g/mol. The Balaban J connectivity index is 2.09. The normalized spacial score (nSPS) is 11.5. The highest BCUT2D eigenvalue weighted by Crippen LogP contribution is 2.14. The molecule has 0 atom stereocenters. The average Bonchev–Trinajstić information content (AvgIpc) is 2.99. The third-order valence-corrected chi connectivity index (χ3v) is 4.31. The van der Waals surface area contributed by atoms with Gasteiger partial charge in [0.2, 0.25) is 0 Å². The molecule has 0 spiro atoms. The lowest BCUT2D eigenvalue weighted by molar-refractivity contribution is 0.0994. The Morgan fingerprint density at radius 1 is 1.16 bits per heavy atom. The molecule has 0 radical (unpaired) electrons. The Morgan fingerprint density at radius 3 is 2.48 bits per heavy atom. The Bertz CT molecular complexity index is 1030. The Labute approximate surface area is 150 Å². The second-order valence-electron chi connectivity index (χ2n) is 4.86. The van der Waals surface area contributed by atoms with Gasteiger partial charge in [-0.05, 0) is 47.9 Å². The summed E-state index contributed by atoms with van der Waals surface area (Å²) >= 11 is 6.61. The van der Waals surface area contributed by atoms with Crippen LogP contribution in [0.5, 0.6) is 0 Å². The van der Waals surface area contributed by atoms with E-state index in [0.717, 1.165) is 15.6 Å². The molecule has 3 rings (SSSR count). The molecular formula is C16H10ClFN4O2S. The predicted octanol–water partition coefficient (Wildman–Crippen LogP) is 2.57. The van der Waals surface area contributed by atoms with E-state index < -0.39 is 17.6 Å². The molecule has 9 heteroatoms. The molecule has 1 aromatic heterocycles. The van der Waals surface area contributed by atoms with E-state index in [2.05, 4.69) is 10.1 Å². The standard InChI is InChI=1S/C16H10ClFN4O2S/c17-10-7-5-9(6-8-10)15(24)20-16-13(14(19)23)21-22(25-16)12-4-2-1-3-11(12)18/h1-8H,(H2,19,23). The Hall–Kier alpha value is -2.84. The monoisotopic (exact) mass is 376 g/mol. The molecule has 0 saturated heterocycles. The van der Waals surface area contributed by atoms with Gasteiger partial charge >= 0.3 is 0 Å². The zero-order valence-corrected chi connectivity index (χ0v) is 14.1. The molecule has 0 saturated carbocycles. The van der Waals surface area contributed by atoms with Gasteiger partial charge in [0.1, 0.15) is 11.5 Å². The fourth-order valence-electron chi connectivity index (χ4n) is 1.97. The molecule has 2 aromatic carbocycles. The fraction of sp³-hybridized carbons (Fsp3) is 0. The molecule has 0 aliphatic rings. The topological polar surface area (TPSA) is 90.3 Å². The third-order valence-electron chi connectivity index (χ3n) is 3.15. The summed E-state index contributed by atoms with van der Waals surface area (Å²) in [4.78, 5) is 27.7. The Kier molecular flexibility index (Phi) is 4.73. The zero-order chi connectivity index (χ0) is 18.0. The highest BCUT2D eigenvalue weighted by molar-refractivity contribution is 7.04. The van der Waals surface area contributed by atoms with Crippen LogP contribution in [-0.2, 0) is 0 Å². The van der Waals surface area contributed by atoms with Crippen molar-refractivity contribution in [2.45, 2.75) is 0 Å². The van der Waals surface area contributed by atoms with Crippen LogP contribution < -0.4 is 10.4 Å². The smallest absolute Gasteiger partial charge is 0.278 e. The molecule has 0 aliphatic heterocycles. The van der Waals surface area contributed by atoms with Crippen molar-refractivity contribution in [2.75, 3.05) is 0 Å². The fourth-order valence-corrected chi connectivity index (χ4v) is 2.98. The highest BCUT2D eigenvalue weighted by Gasteiger charge is 2.16. The maximum Gasteiger partial charge on any atom is 0.278 e. The minimum Gasteiger partial charge on any atom is -0.364 e. The van der Waals surface area contributed by atoms with Crippen LogP contribution in [0, 0.1) is 5.82 Å². The number of primary amides is 1. The summed E-state index contributed by atoms with van der Waals surface area (Å²) in [6, 6.07) is 12.0. The number of nitrogens with two attached hydrogens (primary N) is 1. The van der Waals surface area contributed by atoms with Crippen LogP contribution in [0.25, 0.3) is 5.69 Å². The number of carbonyl (C=O) groups is 2. The molecule has 0 unspecified atom stereocenters. The van der Waals surface area contributed by atoms with E-state index in [1.165, 1.54) is 30.3 Å². The van der Waals surface area contributed by atoms with Crippen LogP contribution in [0.4, 0.5) is 4.39 Å². The van der Waals surface area contributed by atoms with Gasteiger partial charge in [0.05, 0.1) is 0 Å². The van der Waals surface area contributed by atoms with E-state index in [1.54, 1.807) is 18.2 Å². The molecule has 2 N–H and O–H groups in total. The van der Waals surface area contributed by atoms with Gasteiger partial charge in [-0.25, -0.2) is 4.39 Å². The first-order chi connectivity index (χ1) is 12.0. The summed E-state index contributed by atoms with van der Waals surface area (Å²) < 4.78 is 15.1. The number of halogens is 2. The lowest BCUT2D eigenvalue weighted by Gasteiger charge is -1.99. The van der Waals surface area contributed by atoms with Crippen LogP contribution in [0.3, 0.4) is 0 Å². The van der Waals surface area contributed by atoms with E-state index in [4.69, 9.17) is 17.3 Å². The van der Waals surface area contributed by atoms with Gasteiger partial charge in [-0.15, -0.1) is 5.10 Å². The van der Waals surface area contributed by atoms with E-state index in [9.17, 15) is 14.0 Å². The first kappa shape index (κ1) is 17.0. The lowest BCUT2D eigenvalue weighted by atomic mass is 10.2. The molecule has 6 nitrogen and oxygen atoms in total. The molecule has 25 heavy (non-hydrogen) atoms. The van der Waals surface area contributed by atoms with Crippen molar-refractivity contribution in [3.05, 3.63) is 75.3 Å². The molecular weight excluding hydrogens is 367 g/mol.